The van der Waals surface area contributed by atoms with Gasteiger partial charge in [0, 0.05) is 30.3 Å². The van der Waals surface area contributed by atoms with Crippen molar-refractivity contribution >= 4 is 11.5 Å². The molecule has 7 nitrogen and oxygen atoms in total. The normalized spacial score (nSPS) is 10.6. The van der Waals surface area contributed by atoms with Gasteiger partial charge in [-0.1, -0.05) is 0 Å². The van der Waals surface area contributed by atoms with Crippen molar-refractivity contribution < 1.29 is 14.4 Å². The van der Waals surface area contributed by atoms with Gasteiger partial charge in [0.05, 0.1) is 11.1 Å². The van der Waals surface area contributed by atoms with Crippen molar-refractivity contribution in [1.82, 2.24) is 9.78 Å². The molecule has 0 atom stereocenters. The van der Waals surface area contributed by atoms with Crippen molar-refractivity contribution in [2.75, 3.05) is 5.73 Å². The number of nitro benzene ring substituents is 1. The Morgan fingerprint density at radius 3 is 2.67 bits per heavy atom. The summed E-state index contributed by atoms with van der Waals surface area (Å²) >= 11 is 0. The van der Waals surface area contributed by atoms with Crippen LogP contribution in [0.1, 0.15) is 0 Å². The molecule has 0 saturated heterocycles. The van der Waals surface area contributed by atoms with Crippen LogP contribution in [0, 0.1) is 15.9 Å². The van der Waals surface area contributed by atoms with Crippen LogP contribution in [0.4, 0.5) is 15.9 Å². The highest BCUT2D eigenvalue weighted by molar-refractivity contribution is 5.79. The Kier molecular flexibility index (Phi) is 2.62. The third-order valence-corrected chi connectivity index (χ3v) is 2.54. The van der Waals surface area contributed by atoms with E-state index in [9.17, 15) is 19.6 Å². The van der Waals surface area contributed by atoms with Gasteiger partial charge in [0.1, 0.15) is 11.6 Å². The zero-order valence-corrected chi connectivity index (χ0v) is 9.29. The van der Waals surface area contributed by atoms with Crippen molar-refractivity contribution in [3.05, 3.63) is 34.3 Å². The Balaban J connectivity index is 2.68. The summed E-state index contributed by atoms with van der Waals surface area (Å²) in [7, 11) is 1.58. The van der Waals surface area contributed by atoms with Crippen LogP contribution >= 0.6 is 0 Å². The first-order valence-corrected chi connectivity index (χ1v) is 4.86. The number of phenolic OH excluding ortho intramolecular Hbond substituents is 1. The standard InChI is InChI=1S/C10H9FN4O3/c1-14-10(12)6(4-13-14)5-2-8(15(17)18)7(11)3-9(5)16/h2-4,16H,12H2,1H3. The number of hydrogen-bond donors (Lipinski definition) is 2. The molecule has 1 aromatic heterocycles. The fraction of sp³-hybridized carbons (Fsp3) is 0.100. The van der Waals surface area contributed by atoms with Gasteiger partial charge in [-0.15, -0.1) is 0 Å². The maximum Gasteiger partial charge on any atom is 0.305 e. The van der Waals surface area contributed by atoms with Crippen molar-refractivity contribution in [2.24, 2.45) is 7.05 Å². The number of benzene rings is 1. The molecule has 18 heavy (non-hydrogen) atoms. The molecule has 2 rings (SSSR count). The van der Waals surface area contributed by atoms with Gasteiger partial charge in [0.15, 0.2) is 0 Å². The molecule has 0 saturated carbocycles. The van der Waals surface area contributed by atoms with Crippen LogP contribution in [0.3, 0.4) is 0 Å². The molecule has 0 unspecified atom stereocenters. The average molecular weight is 252 g/mol. The second kappa shape index (κ2) is 3.99. The summed E-state index contributed by atoms with van der Waals surface area (Å²) in [5.41, 5.74) is 5.33. The van der Waals surface area contributed by atoms with Crippen molar-refractivity contribution in [3.63, 3.8) is 0 Å². The summed E-state index contributed by atoms with van der Waals surface area (Å²) in [5.74, 6) is -1.33. The summed E-state index contributed by atoms with van der Waals surface area (Å²) in [5, 5.41) is 24.1. The highest BCUT2D eigenvalue weighted by atomic mass is 19.1. The van der Waals surface area contributed by atoms with Gasteiger partial charge < -0.3 is 10.8 Å². The number of rotatable bonds is 2. The van der Waals surface area contributed by atoms with Crippen LogP contribution < -0.4 is 5.73 Å². The van der Waals surface area contributed by atoms with Gasteiger partial charge in [-0.3, -0.25) is 14.8 Å². The molecule has 0 spiro atoms. The SMILES string of the molecule is Cn1ncc(-c2cc([N+](=O)[O-])c(F)cc2O)c1N. The van der Waals surface area contributed by atoms with E-state index in [1.165, 1.54) is 10.9 Å². The Morgan fingerprint density at radius 1 is 1.50 bits per heavy atom. The molecule has 1 aromatic carbocycles. The van der Waals surface area contributed by atoms with Crippen LogP contribution in [0.15, 0.2) is 18.3 Å². The number of nitrogen functional groups attached to an aromatic ring is 1. The lowest BCUT2D eigenvalue weighted by Gasteiger charge is -2.04. The van der Waals surface area contributed by atoms with Gasteiger partial charge in [-0.2, -0.15) is 9.49 Å². The molecule has 1 heterocycles. The van der Waals surface area contributed by atoms with Crippen molar-refractivity contribution in [3.8, 4) is 16.9 Å². The molecular weight excluding hydrogens is 243 g/mol. The minimum Gasteiger partial charge on any atom is -0.507 e. The van der Waals surface area contributed by atoms with Gasteiger partial charge in [-0.05, 0) is 0 Å². The highest BCUT2D eigenvalue weighted by Crippen LogP contribution is 2.36. The second-order valence-corrected chi connectivity index (χ2v) is 3.64. The molecule has 8 heteroatoms. The number of aromatic nitrogens is 2. The topological polar surface area (TPSA) is 107 Å². The molecular formula is C10H9FN4O3. The lowest BCUT2D eigenvalue weighted by molar-refractivity contribution is -0.387. The molecule has 0 aliphatic heterocycles. The van der Waals surface area contributed by atoms with Crippen molar-refractivity contribution in [1.29, 1.82) is 0 Å². The summed E-state index contributed by atoms with van der Waals surface area (Å²) in [4.78, 5) is 9.77. The number of phenols is 1. The van der Waals surface area contributed by atoms with E-state index in [1.54, 1.807) is 7.05 Å². The first-order chi connectivity index (χ1) is 8.41. The van der Waals surface area contributed by atoms with Crippen LogP contribution in [0.5, 0.6) is 5.75 Å². The molecule has 0 aliphatic carbocycles. The first kappa shape index (κ1) is 11.8. The molecule has 0 amide bonds. The van der Waals surface area contributed by atoms with E-state index in [-0.39, 0.29) is 11.4 Å². The zero-order valence-electron chi connectivity index (χ0n) is 9.29. The number of nitrogens with zero attached hydrogens (tertiary/aromatic N) is 3. The second-order valence-electron chi connectivity index (χ2n) is 3.64. The summed E-state index contributed by atoms with van der Waals surface area (Å²) in [6.07, 6.45) is 1.34. The molecule has 0 fully saturated rings. The number of anilines is 1. The van der Waals surface area contributed by atoms with E-state index < -0.39 is 22.2 Å². The minimum atomic E-state index is -1.11. The number of halogens is 1. The Morgan fingerprint density at radius 2 is 2.17 bits per heavy atom. The van der Waals surface area contributed by atoms with E-state index in [1.807, 2.05) is 0 Å². The van der Waals surface area contributed by atoms with Crippen LogP contribution in [-0.2, 0) is 7.05 Å². The number of aryl methyl sites for hydroxylation is 1. The predicted molar refractivity (Wildman–Crippen MR) is 61.3 cm³/mol. The summed E-state index contributed by atoms with van der Waals surface area (Å²) in [6.45, 7) is 0. The number of nitrogens with two attached hydrogens (primary N) is 1. The quantitative estimate of drug-likeness (QED) is 0.620. The molecule has 94 valence electrons. The van der Waals surface area contributed by atoms with Gasteiger partial charge >= 0.3 is 5.69 Å². The highest BCUT2D eigenvalue weighted by Gasteiger charge is 2.21. The summed E-state index contributed by atoms with van der Waals surface area (Å²) < 4.78 is 14.6. The van der Waals surface area contributed by atoms with Gasteiger partial charge in [-0.25, -0.2) is 0 Å². The molecule has 0 bridgehead atoms. The fourth-order valence-corrected chi connectivity index (χ4v) is 1.56. The van der Waals surface area contributed by atoms with Crippen LogP contribution in [-0.4, -0.2) is 19.8 Å². The third-order valence-electron chi connectivity index (χ3n) is 2.54. The Hall–Kier alpha value is -2.64. The van der Waals surface area contributed by atoms with Gasteiger partial charge in [0.25, 0.3) is 0 Å². The monoisotopic (exact) mass is 252 g/mol. The molecule has 0 radical (unpaired) electrons. The van der Waals surface area contributed by atoms with E-state index >= 15 is 0 Å². The van der Waals surface area contributed by atoms with E-state index in [4.69, 9.17) is 5.73 Å². The zero-order chi connectivity index (χ0) is 13.4. The lowest BCUT2D eigenvalue weighted by Crippen LogP contribution is -1.99. The van der Waals surface area contributed by atoms with Gasteiger partial charge in [0.2, 0.25) is 5.82 Å². The Labute approximate surface area is 100 Å². The average Bonchev–Trinajstić information content (AvgIpc) is 2.60. The maximum absolute atomic E-state index is 13.2. The fourth-order valence-electron chi connectivity index (χ4n) is 1.56. The Bertz CT molecular complexity index is 638. The van der Waals surface area contributed by atoms with Crippen LogP contribution in [0.25, 0.3) is 11.1 Å². The predicted octanol–water partition coefficient (Wildman–Crippen LogP) is 1.42. The first-order valence-electron chi connectivity index (χ1n) is 4.86. The molecule has 3 N–H and O–H groups in total. The van der Waals surface area contributed by atoms with Crippen LogP contribution in [0.2, 0.25) is 0 Å². The van der Waals surface area contributed by atoms with E-state index in [0.29, 0.717) is 11.6 Å². The maximum atomic E-state index is 13.2. The number of nitro groups is 1. The third kappa shape index (κ3) is 1.73. The minimum absolute atomic E-state index is 0.0636. The van der Waals surface area contributed by atoms with E-state index in [0.717, 1.165) is 6.07 Å². The molecule has 0 aliphatic rings. The smallest absolute Gasteiger partial charge is 0.305 e. The molecule has 2 aromatic rings. The lowest BCUT2D eigenvalue weighted by atomic mass is 10.1. The summed E-state index contributed by atoms with van der Waals surface area (Å²) in [6, 6.07) is 1.61. The van der Waals surface area contributed by atoms with Crippen molar-refractivity contribution in [2.45, 2.75) is 0 Å². The van der Waals surface area contributed by atoms with E-state index in [2.05, 4.69) is 5.10 Å². The number of hydrogen-bond acceptors (Lipinski definition) is 5. The number of aromatic hydroxyl groups is 1. The largest absolute Gasteiger partial charge is 0.507 e.